The van der Waals surface area contributed by atoms with Crippen LogP contribution < -0.4 is 5.32 Å². The molecule has 1 amide bonds. The zero-order valence-electron chi connectivity index (χ0n) is 13.3. The molecule has 0 saturated carbocycles. The standard InChI is InChI=1S/C18H18FN3O2/c1-13-11-21-17(8-9-20-18(23)16-3-2-10-24-16)22(13)12-14-4-6-15(19)7-5-14/h2-7,10-11H,8-9,12H2,1H3,(H,20,23). The van der Waals surface area contributed by atoms with Crippen molar-refractivity contribution in [3.63, 3.8) is 0 Å². The van der Waals surface area contributed by atoms with Crippen molar-refractivity contribution in [1.29, 1.82) is 0 Å². The van der Waals surface area contributed by atoms with E-state index in [2.05, 4.69) is 14.9 Å². The molecule has 2 heterocycles. The van der Waals surface area contributed by atoms with Crippen molar-refractivity contribution in [3.05, 3.63) is 77.5 Å². The van der Waals surface area contributed by atoms with Gasteiger partial charge in [0, 0.05) is 31.4 Å². The van der Waals surface area contributed by atoms with E-state index in [0.717, 1.165) is 17.1 Å². The zero-order valence-corrected chi connectivity index (χ0v) is 13.3. The summed E-state index contributed by atoms with van der Waals surface area (Å²) in [5.74, 6) is 0.674. The molecule has 0 atom stereocenters. The Kier molecular flexibility index (Phi) is 4.74. The minimum atomic E-state index is -0.248. The van der Waals surface area contributed by atoms with Crippen molar-refractivity contribution in [2.24, 2.45) is 0 Å². The highest BCUT2D eigenvalue weighted by Gasteiger charge is 2.10. The first kappa shape index (κ1) is 16.0. The first-order valence-electron chi connectivity index (χ1n) is 7.70. The molecular weight excluding hydrogens is 309 g/mol. The Morgan fingerprint density at radius 2 is 2.08 bits per heavy atom. The quantitative estimate of drug-likeness (QED) is 0.757. The van der Waals surface area contributed by atoms with Crippen molar-refractivity contribution >= 4 is 5.91 Å². The van der Waals surface area contributed by atoms with Gasteiger partial charge in [0.2, 0.25) is 0 Å². The molecule has 1 aromatic carbocycles. The van der Waals surface area contributed by atoms with Gasteiger partial charge in [-0.05, 0) is 36.8 Å². The van der Waals surface area contributed by atoms with Crippen molar-refractivity contribution < 1.29 is 13.6 Å². The monoisotopic (exact) mass is 327 g/mol. The van der Waals surface area contributed by atoms with E-state index >= 15 is 0 Å². The number of imidazole rings is 1. The number of amides is 1. The number of hydrogen-bond acceptors (Lipinski definition) is 3. The second kappa shape index (κ2) is 7.12. The second-order valence-corrected chi connectivity index (χ2v) is 5.51. The van der Waals surface area contributed by atoms with E-state index in [0.29, 0.717) is 25.3 Å². The zero-order chi connectivity index (χ0) is 16.9. The van der Waals surface area contributed by atoms with Crippen LogP contribution in [0, 0.1) is 12.7 Å². The summed E-state index contributed by atoms with van der Waals surface area (Å²) in [6, 6.07) is 9.72. The van der Waals surface area contributed by atoms with Crippen molar-refractivity contribution in [3.8, 4) is 0 Å². The number of nitrogens with one attached hydrogen (secondary N) is 1. The summed E-state index contributed by atoms with van der Waals surface area (Å²) >= 11 is 0. The molecule has 0 aliphatic rings. The molecule has 0 saturated heterocycles. The molecule has 3 aromatic rings. The molecule has 6 heteroatoms. The molecule has 0 fully saturated rings. The third-order valence-corrected chi connectivity index (χ3v) is 3.77. The van der Waals surface area contributed by atoms with Gasteiger partial charge in [0.05, 0.1) is 6.26 Å². The first-order chi connectivity index (χ1) is 11.6. The fourth-order valence-corrected chi connectivity index (χ4v) is 2.48. The summed E-state index contributed by atoms with van der Waals surface area (Å²) < 4.78 is 20.1. The van der Waals surface area contributed by atoms with Crippen molar-refractivity contribution in [2.75, 3.05) is 6.54 Å². The van der Waals surface area contributed by atoms with Crippen LogP contribution in [0.4, 0.5) is 4.39 Å². The predicted molar refractivity (Wildman–Crippen MR) is 87.2 cm³/mol. The van der Waals surface area contributed by atoms with E-state index in [1.807, 2.05) is 6.92 Å². The molecule has 0 bridgehead atoms. The van der Waals surface area contributed by atoms with Crippen LogP contribution in [0.1, 0.15) is 27.6 Å². The van der Waals surface area contributed by atoms with Gasteiger partial charge in [-0.15, -0.1) is 0 Å². The summed E-state index contributed by atoms with van der Waals surface area (Å²) in [6.45, 7) is 3.05. The number of hydrogen-bond donors (Lipinski definition) is 1. The van der Waals surface area contributed by atoms with Crippen LogP contribution in [0.5, 0.6) is 0 Å². The molecule has 124 valence electrons. The van der Waals surface area contributed by atoms with Gasteiger partial charge >= 0.3 is 0 Å². The van der Waals surface area contributed by atoms with E-state index in [1.165, 1.54) is 18.4 Å². The van der Waals surface area contributed by atoms with Gasteiger partial charge in [-0.1, -0.05) is 12.1 Å². The average molecular weight is 327 g/mol. The topological polar surface area (TPSA) is 60.1 Å². The fraction of sp³-hybridized carbons (Fsp3) is 0.222. The largest absolute Gasteiger partial charge is 0.459 e. The van der Waals surface area contributed by atoms with E-state index in [1.54, 1.807) is 30.5 Å². The normalized spacial score (nSPS) is 10.8. The number of nitrogens with zero attached hydrogens (tertiary/aromatic N) is 2. The van der Waals surface area contributed by atoms with E-state index in [4.69, 9.17) is 4.42 Å². The predicted octanol–water partition coefficient (Wildman–Crippen LogP) is 2.94. The summed E-state index contributed by atoms with van der Waals surface area (Å²) in [5.41, 5.74) is 2.02. The van der Waals surface area contributed by atoms with Gasteiger partial charge in [0.1, 0.15) is 11.6 Å². The van der Waals surface area contributed by atoms with Gasteiger partial charge in [0.15, 0.2) is 5.76 Å². The Morgan fingerprint density at radius 1 is 1.29 bits per heavy atom. The maximum atomic E-state index is 13.0. The van der Waals surface area contributed by atoms with Crippen LogP contribution in [0.25, 0.3) is 0 Å². The molecule has 24 heavy (non-hydrogen) atoms. The molecule has 0 unspecified atom stereocenters. The van der Waals surface area contributed by atoms with Crippen molar-refractivity contribution in [2.45, 2.75) is 19.9 Å². The van der Waals surface area contributed by atoms with Crippen LogP contribution in [-0.4, -0.2) is 22.0 Å². The number of benzene rings is 1. The minimum Gasteiger partial charge on any atom is -0.459 e. The molecule has 0 spiro atoms. The van der Waals surface area contributed by atoms with Crippen LogP contribution in [0.2, 0.25) is 0 Å². The Morgan fingerprint density at radius 3 is 2.79 bits per heavy atom. The Hall–Kier alpha value is -2.89. The molecule has 2 aromatic heterocycles. The number of carbonyl (C=O) groups excluding carboxylic acids is 1. The van der Waals surface area contributed by atoms with Crippen LogP contribution in [0.15, 0.2) is 53.3 Å². The van der Waals surface area contributed by atoms with Crippen molar-refractivity contribution in [1.82, 2.24) is 14.9 Å². The van der Waals surface area contributed by atoms with Crippen LogP contribution in [-0.2, 0) is 13.0 Å². The third kappa shape index (κ3) is 3.71. The summed E-state index contributed by atoms with van der Waals surface area (Å²) in [5, 5.41) is 2.81. The summed E-state index contributed by atoms with van der Waals surface area (Å²) in [7, 11) is 0. The molecule has 0 aliphatic carbocycles. The third-order valence-electron chi connectivity index (χ3n) is 3.77. The lowest BCUT2D eigenvalue weighted by Gasteiger charge is -2.11. The number of aryl methyl sites for hydroxylation is 1. The SMILES string of the molecule is Cc1cnc(CCNC(=O)c2ccco2)n1Cc1ccc(F)cc1. The molecule has 3 rings (SSSR count). The number of halogens is 1. The van der Waals surface area contributed by atoms with E-state index in [9.17, 15) is 9.18 Å². The maximum absolute atomic E-state index is 13.0. The fourth-order valence-electron chi connectivity index (χ4n) is 2.48. The Bertz CT molecular complexity index is 807. The lowest BCUT2D eigenvalue weighted by atomic mass is 10.2. The maximum Gasteiger partial charge on any atom is 0.286 e. The Balaban J connectivity index is 1.62. The second-order valence-electron chi connectivity index (χ2n) is 5.51. The van der Waals surface area contributed by atoms with Gasteiger partial charge in [-0.2, -0.15) is 0 Å². The van der Waals surface area contributed by atoms with Gasteiger partial charge in [0.25, 0.3) is 5.91 Å². The molecular formula is C18H18FN3O2. The highest BCUT2D eigenvalue weighted by molar-refractivity contribution is 5.91. The number of carbonyl (C=O) groups is 1. The number of rotatable bonds is 6. The Labute approximate surface area is 139 Å². The van der Waals surface area contributed by atoms with E-state index < -0.39 is 0 Å². The highest BCUT2D eigenvalue weighted by atomic mass is 19.1. The molecule has 0 aliphatic heterocycles. The van der Waals surface area contributed by atoms with E-state index in [-0.39, 0.29) is 11.7 Å². The first-order valence-corrected chi connectivity index (χ1v) is 7.70. The number of aromatic nitrogens is 2. The highest BCUT2D eigenvalue weighted by Crippen LogP contribution is 2.11. The molecule has 5 nitrogen and oxygen atoms in total. The molecule has 1 N–H and O–H groups in total. The van der Waals surface area contributed by atoms with Gasteiger partial charge in [-0.3, -0.25) is 4.79 Å². The van der Waals surface area contributed by atoms with Gasteiger partial charge in [-0.25, -0.2) is 9.37 Å². The lowest BCUT2D eigenvalue weighted by Crippen LogP contribution is -2.26. The van der Waals surface area contributed by atoms with Crippen LogP contribution >= 0.6 is 0 Å². The smallest absolute Gasteiger partial charge is 0.286 e. The summed E-state index contributed by atoms with van der Waals surface area (Å²) in [4.78, 5) is 16.2. The number of furan rings is 1. The minimum absolute atomic E-state index is 0.242. The van der Waals surface area contributed by atoms with Gasteiger partial charge < -0.3 is 14.3 Å². The average Bonchev–Trinajstić information content (AvgIpc) is 3.22. The summed E-state index contributed by atoms with van der Waals surface area (Å²) in [6.07, 6.45) is 3.86. The molecule has 0 radical (unpaired) electrons. The van der Waals surface area contributed by atoms with Crippen LogP contribution in [0.3, 0.4) is 0 Å². The lowest BCUT2D eigenvalue weighted by molar-refractivity contribution is 0.0926.